The van der Waals surface area contributed by atoms with E-state index in [2.05, 4.69) is 6.92 Å². The molecule has 2 N–H and O–H groups in total. The third-order valence-corrected chi connectivity index (χ3v) is 2.04. The van der Waals surface area contributed by atoms with Gasteiger partial charge >= 0.3 is 0 Å². The fraction of sp³-hybridized carbons (Fsp3) is 0.900. The maximum absolute atomic E-state index is 11.2. The summed E-state index contributed by atoms with van der Waals surface area (Å²) in [4.78, 5) is 11.2. The molecule has 0 saturated carbocycles. The van der Waals surface area contributed by atoms with Gasteiger partial charge in [0.1, 0.15) is 6.61 Å². The van der Waals surface area contributed by atoms with Crippen molar-refractivity contribution in [1.82, 2.24) is 0 Å². The van der Waals surface area contributed by atoms with Crippen LogP contribution in [0.1, 0.15) is 33.1 Å². The van der Waals surface area contributed by atoms with Crippen molar-refractivity contribution < 1.29 is 9.53 Å². The fourth-order valence-corrected chi connectivity index (χ4v) is 1.12. The van der Waals surface area contributed by atoms with Gasteiger partial charge in [0.25, 0.3) is 0 Å². The number of carbonyl (C=O) groups is 1. The maximum Gasteiger partial charge on any atom is 0.158 e. The van der Waals surface area contributed by atoms with E-state index < -0.39 is 0 Å². The molecule has 0 fully saturated rings. The Hall–Kier alpha value is -0.410. The topological polar surface area (TPSA) is 52.3 Å². The smallest absolute Gasteiger partial charge is 0.158 e. The molecular weight excluding hydrogens is 166 g/mol. The standard InChI is InChI=1S/C10H21NO2/c1-3-13-8-10(12)5-4-9(2)6-7-11/h9H,3-8,11H2,1-2H3. The van der Waals surface area contributed by atoms with Gasteiger partial charge in [-0.05, 0) is 32.2 Å². The zero-order chi connectivity index (χ0) is 10.1. The third-order valence-electron chi connectivity index (χ3n) is 2.04. The molecule has 1 atom stereocenters. The summed E-state index contributed by atoms with van der Waals surface area (Å²) in [5, 5.41) is 0. The van der Waals surface area contributed by atoms with E-state index in [1.54, 1.807) is 0 Å². The highest BCUT2D eigenvalue weighted by atomic mass is 16.5. The number of Topliss-reactive ketones (excluding diaryl/α,β-unsaturated/α-hetero) is 1. The molecule has 3 nitrogen and oxygen atoms in total. The Balaban J connectivity index is 3.34. The number of nitrogens with two attached hydrogens (primary N) is 1. The van der Waals surface area contributed by atoms with Crippen molar-refractivity contribution in [2.75, 3.05) is 19.8 Å². The van der Waals surface area contributed by atoms with E-state index >= 15 is 0 Å². The molecule has 3 heteroatoms. The van der Waals surface area contributed by atoms with E-state index in [1.807, 2.05) is 6.92 Å². The molecule has 13 heavy (non-hydrogen) atoms. The van der Waals surface area contributed by atoms with E-state index in [4.69, 9.17) is 10.5 Å². The molecule has 0 amide bonds. The van der Waals surface area contributed by atoms with Crippen LogP contribution in [0, 0.1) is 5.92 Å². The fourth-order valence-electron chi connectivity index (χ4n) is 1.12. The van der Waals surface area contributed by atoms with Crippen LogP contribution in [0.4, 0.5) is 0 Å². The zero-order valence-electron chi connectivity index (χ0n) is 8.71. The van der Waals surface area contributed by atoms with Crippen molar-refractivity contribution in [1.29, 1.82) is 0 Å². The first-order chi connectivity index (χ1) is 6.20. The predicted octanol–water partition coefficient (Wildman–Crippen LogP) is 1.36. The lowest BCUT2D eigenvalue weighted by molar-refractivity contribution is -0.123. The van der Waals surface area contributed by atoms with Crippen molar-refractivity contribution in [3.05, 3.63) is 0 Å². The van der Waals surface area contributed by atoms with Crippen LogP contribution in [0.15, 0.2) is 0 Å². The molecule has 1 unspecified atom stereocenters. The average Bonchev–Trinajstić information content (AvgIpc) is 2.12. The van der Waals surface area contributed by atoms with Crippen LogP contribution in [0.3, 0.4) is 0 Å². The van der Waals surface area contributed by atoms with Gasteiger partial charge in [0.2, 0.25) is 0 Å². The highest BCUT2D eigenvalue weighted by Gasteiger charge is 2.05. The monoisotopic (exact) mass is 187 g/mol. The van der Waals surface area contributed by atoms with Crippen molar-refractivity contribution in [2.24, 2.45) is 11.7 Å². The first kappa shape index (κ1) is 12.6. The Morgan fingerprint density at radius 2 is 2.15 bits per heavy atom. The molecule has 0 aromatic carbocycles. The first-order valence-corrected chi connectivity index (χ1v) is 5.00. The van der Waals surface area contributed by atoms with Gasteiger partial charge in [0.05, 0.1) is 0 Å². The predicted molar refractivity (Wildman–Crippen MR) is 53.6 cm³/mol. The summed E-state index contributed by atoms with van der Waals surface area (Å²) in [7, 11) is 0. The zero-order valence-corrected chi connectivity index (χ0v) is 8.71. The van der Waals surface area contributed by atoms with Crippen LogP contribution in [0.2, 0.25) is 0 Å². The number of ether oxygens (including phenoxy) is 1. The van der Waals surface area contributed by atoms with Crippen molar-refractivity contribution in [3.8, 4) is 0 Å². The summed E-state index contributed by atoms with van der Waals surface area (Å²) >= 11 is 0. The largest absolute Gasteiger partial charge is 0.374 e. The normalized spacial score (nSPS) is 12.8. The average molecular weight is 187 g/mol. The molecule has 0 heterocycles. The van der Waals surface area contributed by atoms with Gasteiger partial charge in [-0.25, -0.2) is 0 Å². The number of carbonyl (C=O) groups excluding carboxylic acids is 1. The Labute approximate surface area is 80.6 Å². The van der Waals surface area contributed by atoms with E-state index in [9.17, 15) is 4.79 Å². The lowest BCUT2D eigenvalue weighted by atomic mass is 10.0. The number of rotatable bonds is 8. The second kappa shape index (κ2) is 8.20. The molecule has 0 aromatic rings. The van der Waals surface area contributed by atoms with Gasteiger partial charge in [-0.3, -0.25) is 4.79 Å². The minimum atomic E-state index is 0.200. The molecule has 0 aliphatic rings. The SMILES string of the molecule is CCOCC(=O)CCC(C)CCN. The lowest BCUT2D eigenvalue weighted by Gasteiger charge is -2.08. The van der Waals surface area contributed by atoms with Gasteiger partial charge in [-0.2, -0.15) is 0 Å². The molecule has 0 saturated heterocycles. The Morgan fingerprint density at radius 3 is 2.69 bits per heavy atom. The number of ketones is 1. The second-order valence-corrected chi connectivity index (χ2v) is 3.40. The van der Waals surface area contributed by atoms with Gasteiger partial charge in [-0.1, -0.05) is 6.92 Å². The van der Waals surface area contributed by atoms with Crippen LogP contribution in [0.5, 0.6) is 0 Å². The number of hydrogen-bond donors (Lipinski definition) is 1. The molecule has 0 aromatic heterocycles. The maximum atomic E-state index is 11.2. The Kier molecular flexibility index (Phi) is 7.94. The molecule has 0 aliphatic heterocycles. The highest BCUT2D eigenvalue weighted by molar-refractivity contribution is 5.79. The summed E-state index contributed by atoms with van der Waals surface area (Å²) in [6.45, 7) is 5.61. The Bertz CT molecular complexity index is 137. The first-order valence-electron chi connectivity index (χ1n) is 5.00. The van der Waals surface area contributed by atoms with Crippen LogP contribution in [-0.4, -0.2) is 25.5 Å². The Morgan fingerprint density at radius 1 is 1.46 bits per heavy atom. The van der Waals surface area contributed by atoms with Gasteiger partial charge in [0.15, 0.2) is 5.78 Å². The molecule has 0 bridgehead atoms. The van der Waals surface area contributed by atoms with Crippen molar-refractivity contribution >= 4 is 5.78 Å². The molecule has 0 spiro atoms. The quantitative estimate of drug-likeness (QED) is 0.624. The van der Waals surface area contributed by atoms with E-state index in [-0.39, 0.29) is 12.4 Å². The summed E-state index contributed by atoms with van der Waals surface area (Å²) in [5.41, 5.74) is 5.41. The van der Waals surface area contributed by atoms with Crippen LogP contribution in [0.25, 0.3) is 0 Å². The minimum Gasteiger partial charge on any atom is -0.374 e. The number of hydrogen-bond acceptors (Lipinski definition) is 3. The molecule has 0 aliphatic carbocycles. The highest BCUT2D eigenvalue weighted by Crippen LogP contribution is 2.09. The van der Waals surface area contributed by atoms with Gasteiger partial charge < -0.3 is 10.5 Å². The summed E-state index contributed by atoms with van der Waals surface area (Å²) < 4.78 is 5.01. The molecular formula is C10H21NO2. The molecule has 78 valence electrons. The third kappa shape index (κ3) is 7.94. The van der Waals surface area contributed by atoms with Crippen LogP contribution >= 0.6 is 0 Å². The van der Waals surface area contributed by atoms with Crippen molar-refractivity contribution in [2.45, 2.75) is 33.1 Å². The molecule has 0 radical (unpaired) electrons. The van der Waals surface area contributed by atoms with Crippen LogP contribution < -0.4 is 5.73 Å². The van der Waals surface area contributed by atoms with Gasteiger partial charge in [-0.15, -0.1) is 0 Å². The van der Waals surface area contributed by atoms with E-state index in [0.29, 0.717) is 25.5 Å². The summed E-state index contributed by atoms with van der Waals surface area (Å²) in [5.74, 6) is 0.751. The van der Waals surface area contributed by atoms with Crippen molar-refractivity contribution in [3.63, 3.8) is 0 Å². The van der Waals surface area contributed by atoms with Crippen LogP contribution in [-0.2, 0) is 9.53 Å². The van der Waals surface area contributed by atoms with Gasteiger partial charge in [0, 0.05) is 13.0 Å². The van der Waals surface area contributed by atoms with E-state index in [0.717, 1.165) is 12.8 Å². The summed E-state index contributed by atoms with van der Waals surface area (Å²) in [6.07, 6.45) is 2.56. The van der Waals surface area contributed by atoms with E-state index in [1.165, 1.54) is 0 Å². The second-order valence-electron chi connectivity index (χ2n) is 3.40. The minimum absolute atomic E-state index is 0.200. The molecule has 0 rings (SSSR count). The lowest BCUT2D eigenvalue weighted by Crippen LogP contribution is -2.11. The summed E-state index contributed by atoms with van der Waals surface area (Å²) in [6, 6.07) is 0.